The Morgan fingerprint density at radius 1 is 1.38 bits per heavy atom. The zero-order chi connectivity index (χ0) is 12.3. The second kappa shape index (κ2) is 4.85. The van der Waals surface area contributed by atoms with Gasteiger partial charge in [0.15, 0.2) is 5.78 Å². The molecule has 0 aromatic rings. The summed E-state index contributed by atoms with van der Waals surface area (Å²) >= 11 is 0. The minimum absolute atomic E-state index is 0.152. The lowest BCUT2D eigenvalue weighted by molar-refractivity contribution is -0.125. The molecule has 16 heavy (non-hydrogen) atoms. The fourth-order valence-electron chi connectivity index (χ4n) is 1.84. The van der Waals surface area contributed by atoms with Crippen molar-refractivity contribution in [2.75, 3.05) is 7.05 Å². The number of hydrogen-bond acceptors (Lipinski definition) is 3. The second-order valence-electron chi connectivity index (χ2n) is 5.32. The third-order valence-corrected chi connectivity index (χ3v) is 2.67. The van der Waals surface area contributed by atoms with Crippen LogP contribution in [0.15, 0.2) is 0 Å². The Balaban J connectivity index is 2.59. The first-order valence-corrected chi connectivity index (χ1v) is 5.80. The highest BCUT2D eigenvalue weighted by atomic mass is 16.6. The van der Waals surface area contributed by atoms with E-state index in [0.29, 0.717) is 6.42 Å². The van der Waals surface area contributed by atoms with Crippen molar-refractivity contribution in [2.45, 2.75) is 58.1 Å². The molecule has 1 aliphatic rings. The fraction of sp³-hybridized carbons (Fsp3) is 0.833. The molecule has 0 aromatic heterocycles. The van der Waals surface area contributed by atoms with Crippen molar-refractivity contribution in [2.24, 2.45) is 0 Å². The van der Waals surface area contributed by atoms with Crippen LogP contribution in [0.1, 0.15) is 46.5 Å². The number of nitrogens with zero attached hydrogens (tertiary/aromatic N) is 1. The Labute approximate surface area is 96.9 Å². The molecular formula is C12H21NO3. The van der Waals surface area contributed by atoms with Crippen LogP contribution in [0.3, 0.4) is 0 Å². The third kappa shape index (κ3) is 3.51. The van der Waals surface area contributed by atoms with E-state index < -0.39 is 11.7 Å². The van der Waals surface area contributed by atoms with Crippen molar-refractivity contribution in [3.8, 4) is 0 Å². The van der Waals surface area contributed by atoms with Gasteiger partial charge in [-0.1, -0.05) is 6.42 Å². The van der Waals surface area contributed by atoms with Crippen molar-refractivity contribution in [3.63, 3.8) is 0 Å². The van der Waals surface area contributed by atoms with Crippen LogP contribution in [0.25, 0.3) is 0 Å². The van der Waals surface area contributed by atoms with Gasteiger partial charge in [0.1, 0.15) is 5.60 Å². The third-order valence-electron chi connectivity index (χ3n) is 2.67. The topological polar surface area (TPSA) is 46.6 Å². The van der Waals surface area contributed by atoms with E-state index in [0.717, 1.165) is 19.3 Å². The largest absolute Gasteiger partial charge is 0.444 e. The van der Waals surface area contributed by atoms with E-state index >= 15 is 0 Å². The molecule has 1 unspecified atom stereocenters. The average Bonchev–Trinajstić information content (AvgIpc) is 2.15. The summed E-state index contributed by atoms with van der Waals surface area (Å²) in [5, 5.41) is 0. The first kappa shape index (κ1) is 13.0. The number of ketones is 1. The predicted molar refractivity (Wildman–Crippen MR) is 61.3 cm³/mol. The zero-order valence-electron chi connectivity index (χ0n) is 10.6. The smallest absolute Gasteiger partial charge is 0.410 e. The zero-order valence-corrected chi connectivity index (χ0v) is 10.6. The van der Waals surface area contributed by atoms with E-state index in [-0.39, 0.29) is 11.8 Å². The molecule has 0 saturated heterocycles. The second-order valence-corrected chi connectivity index (χ2v) is 5.32. The Morgan fingerprint density at radius 2 is 2.00 bits per heavy atom. The van der Waals surface area contributed by atoms with Crippen LogP contribution >= 0.6 is 0 Å². The monoisotopic (exact) mass is 227 g/mol. The molecule has 0 N–H and O–H groups in total. The molecule has 4 nitrogen and oxygen atoms in total. The normalized spacial score (nSPS) is 21.8. The highest BCUT2D eigenvalue weighted by Gasteiger charge is 2.31. The molecule has 1 rings (SSSR count). The maximum atomic E-state index is 11.8. The minimum atomic E-state index is -0.511. The number of rotatable bonds is 1. The first-order chi connectivity index (χ1) is 7.31. The molecule has 4 heteroatoms. The van der Waals surface area contributed by atoms with E-state index in [1.807, 2.05) is 20.8 Å². The predicted octanol–water partition coefficient (Wildman–Crippen LogP) is 2.37. The molecule has 1 aliphatic carbocycles. The molecule has 0 spiro atoms. The molecule has 1 amide bonds. The Morgan fingerprint density at radius 3 is 2.50 bits per heavy atom. The number of likely N-dealkylation sites (N-methyl/N-ethyl adjacent to an activating group) is 1. The molecule has 1 saturated carbocycles. The Bertz CT molecular complexity index is 280. The summed E-state index contributed by atoms with van der Waals surface area (Å²) in [7, 11) is 1.64. The quantitative estimate of drug-likeness (QED) is 0.691. The highest BCUT2D eigenvalue weighted by molar-refractivity contribution is 5.87. The van der Waals surface area contributed by atoms with Gasteiger partial charge in [-0.25, -0.2) is 4.79 Å². The van der Waals surface area contributed by atoms with Crippen LogP contribution in [0, 0.1) is 0 Å². The summed E-state index contributed by atoms with van der Waals surface area (Å²) in [5.41, 5.74) is -0.511. The summed E-state index contributed by atoms with van der Waals surface area (Å²) in [6.45, 7) is 5.46. The molecule has 92 valence electrons. The van der Waals surface area contributed by atoms with Crippen LogP contribution in [-0.4, -0.2) is 35.5 Å². The SMILES string of the molecule is CN(C(=O)OC(C)(C)C)C1CCCCC1=O. The van der Waals surface area contributed by atoms with E-state index in [9.17, 15) is 9.59 Å². The van der Waals surface area contributed by atoms with E-state index in [4.69, 9.17) is 4.74 Å². The van der Waals surface area contributed by atoms with Crippen molar-refractivity contribution in [3.05, 3.63) is 0 Å². The van der Waals surface area contributed by atoms with Gasteiger partial charge in [0.2, 0.25) is 0 Å². The molecule has 0 aliphatic heterocycles. The maximum Gasteiger partial charge on any atom is 0.410 e. The number of carbonyl (C=O) groups is 2. The molecule has 0 radical (unpaired) electrons. The van der Waals surface area contributed by atoms with Gasteiger partial charge >= 0.3 is 6.09 Å². The summed E-state index contributed by atoms with van der Waals surface area (Å²) in [6.07, 6.45) is 2.88. The van der Waals surface area contributed by atoms with Crippen molar-refractivity contribution in [1.82, 2.24) is 4.90 Å². The minimum Gasteiger partial charge on any atom is -0.444 e. The number of amides is 1. The summed E-state index contributed by atoms with van der Waals surface area (Å²) in [6, 6.07) is -0.288. The highest BCUT2D eigenvalue weighted by Crippen LogP contribution is 2.20. The maximum absolute atomic E-state index is 11.8. The van der Waals surface area contributed by atoms with Crippen molar-refractivity contribution < 1.29 is 14.3 Å². The van der Waals surface area contributed by atoms with Crippen molar-refractivity contribution >= 4 is 11.9 Å². The van der Waals surface area contributed by atoms with E-state index in [2.05, 4.69) is 0 Å². The van der Waals surface area contributed by atoms with Crippen LogP contribution in [0.2, 0.25) is 0 Å². The number of Topliss-reactive ketones (excluding diaryl/α,β-unsaturated/α-hetero) is 1. The average molecular weight is 227 g/mol. The van der Waals surface area contributed by atoms with Gasteiger partial charge in [0, 0.05) is 13.5 Å². The summed E-state index contributed by atoms with van der Waals surface area (Å²) in [4.78, 5) is 24.8. The standard InChI is InChI=1S/C12H21NO3/c1-12(2,3)16-11(15)13(4)9-7-5-6-8-10(9)14/h9H,5-8H2,1-4H3. The van der Waals surface area contributed by atoms with Gasteiger partial charge < -0.3 is 9.64 Å². The molecule has 0 bridgehead atoms. The summed E-state index contributed by atoms with van der Waals surface area (Å²) in [5.74, 6) is 0.152. The van der Waals surface area contributed by atoms with Gasteiger partial charge in [-0.05, 0) is 33.6 Å². The molecule has 1 fully saturated rings. The number of ether oxygens (including phenoxy) is 1. The van der Waals surface area contributed by atoms with Gasteiger partial charge in [-0.2, -0.15) is 0 Å². The van der Waals surface area contributed by atoms with Crippen LogP contribution < -0.4 is 0 Å². The first-order valence-electron chi connectivity index (χ1n) is 5.80. The van der Waals surface area contributed by atoms with Gasteiger partial charge in [0.05, 0.1) is 6.04 Å². The number of carbonyl (C=O) groups excluding carboxylic acids is 2. The molecule has 0 aromatic carbocycles. The Kier molecular flexibility index (Phi) is 3.94. The lowest BCUT2D eigenvalue weighted by Crippen LogP contribution is -2.46. The van der Waals surface area contributed by atoms with Crippen LogP contribution in [-0.2, 0) is 9.53 Å². The van der Waals surface area contributed by atoms with E-state index in [1.54, 1.807) is 7.05 Å². The lowest BCUT2D eigenvalue weighted by Gasteiger charge is -2.31. The van der Waals surface area contributed by atoms with Crippen LogP contribution in [0.4, 0.5) is 4.79 Å². The Hall–Kier alpha value is -1.06. The molecule has 1 atom stereocenters. The fourth-order valence-corrected chi connectivity index (χ4v) is 1.84. The molecule has 0 heterocycles. The van der Waals surface area contributed by atoms with Gasteiger partial charge in [-0.15, -0.1) is 0 Å². The lowest BCUT2D eigenvalue weighted by atomic mass is 9.93. The number of hydrogen-bond donors (Lipinski definition) is 0. The van der Waals surface area contributed by atoms with E-state index in [1.165, 1.54) is 4.90 Å². The molecular weight excluding hydrogens is 206 g/mol. The van der Waals surface area contributed by atoms with Gasteiger partial charge in [0.25, 0.3) is 0 Å². The summed E-state index contributed by atoms with van der Waals surface area (Å²) < 4.78 is 5.24. The van der Waals surface area contributed by atoms with Crippen LogP contribution in [0.5, 0.6) is 0 Å². The van der Waals surface area contributed by atoms with Gasteiger partial charge in [-0.3, -0.25) is 4.79 Å². The van der Waals surface area contributed by atoms with Crippen molar-refractivity contribution in [1.29, 1.82) is 0 Å².